The molecule has 0 bridgehead atoms. The van der Waals surface area contributed by atoms with Gasteiger partial charge in [0, 0.05) is 11.6 Å². The molecule has 196 valence electrons. The molecule has 0 amide bonds. The summed E-state index contributed by atoms with van der Waals surface area (Å²) in [5, 5.41) is 41.0. The van der Waals surface area contributed by atoms with E-state index in [-0.39, 0.29) is 45.3 Å². The van der Waals surface area contributed by atoms with Gasteiger partial charge >= 0.3 is 0 Å². The molecule has 0 saturated heterocycles. The number of rotatable bonds is 11. The Morgan fingerprint density at radius 1 is 1.00 bits per heavy atom. The lowest BCUT2D eigenvalue weighted by Crippen LogP contribution is -2.18. The van der Waals surface area contributed by atoms with E-state index in [1.807, 2.05) is 0 Å². The lowest BCUT2D eigenvalue weighted by molar-refractivity contribution is 0.0667. The third kappa shape index (κ3) is 5.96. The molecule has 0 aliphatic heterocycles. The minimum Gasteiger partial charge on any atom is -0.504 e. The molecule has 1 atom stereocenters. The zero-order valence-electron chi connectivity index (χ0n) is 21.3. The maximum Gasteiger partial charge on any atom is 0.238 e. The normalized spacial score (nSPS) is 12.5. The summed E-state index contributed by atoms with van der Waals surface area (Å²) in [6, 6.07) is 5.77. The van der Waals surface area contributed by atoms with Crippen LogP contribution in [0, 0.1) is 5.92 Å². The number of benzene rings is 2. The Hall–Kier alpha value is -3.59. The molecule has 1 unspecified atom stereocenters. The molecule has 3 aromatic rings. The van der Waals surface area contributed by atoms with Crippen LogP contribution in [0.25, 0.3) is 22.3 Å². The topological polar surface area (TPSA) is 139 Å². The Labute approximate surface area is 209 Å². The smallest absolute Gasteiger partial charge is 0.238 e. The van der Waals surface area contributed by atoms with E-state index >= 15 is 0 Å². The van der Waals surface area contributed by atoms with E-state index in [0.29, 0.717) is 12.5 Å². The van der Waals surface area contributed by atoms with Crippen LogP contribution in [0.15, 0.2) is 33.5 Å². The number of phenols is 2. The molecule has 4 N–H and O–H groups in total. The van der Waals surface area contributed by atoms with E-state index in [0.717, 1.165) is 25.7 Å². The van der Waals surface area contributed by atoms with Crippen LogP contribution in [0.4, 0.5) is 0 Å². The van der Waals surface area contributed by atoms with Gasteiger partial charge in [0.2, 0.25) is 16.9 Å². The zero-order chi connectivity index (χ0) is 26.6. The molecule has 0 spiro atoms. The van der Waals surface area contributed by atoms with Crippen LogP contribution < -0.4 is 19.6 Å². The summed E-state index contributed by atoms with van der Waals surface area (Å²) in [6.45, 7) is 6.11. The summed E-state index contributed by atoms with van der Waals surface area (Å²) < 4.78 is 21.7. The molecule has 0 aliphatic carbocycles. The van der Waals surface area contributed by atoms with Gasteiger partial charge in [0.1, 0.15) is 11.0 Å². The van der Waals surface area contributed by atoms with Crippen molar-refractivity contribution in [1.82, 2.24) is 0 Å². The van der Waals surface area contributed by atoms with Gasteiger partial charge < -0.3 is 39.1 Å². The van der Waals surface area contributed by atoms with Gasteiger partial charge in [-0.3, -0.25) is 4.79 Å². The Morgan fingerprint density at radius 2 is 1.72 bits per heavy atom. The molecular formula is C27H34O9. The van der Waals surface area contributed by atoms with E-state index in [9.17, 15) is 25.2 Å². The molecule has 1 aromatic heterocycles. The van der Waals surface area contributed by atoms with Crippen molar-refractivity contribution in [2.24, 2.45) is 5.92 Å². The molecule has 0 aliphatic rings. The summed E-state index contributed by atoms with van der Waals surface area (Å²) in [4.78, 5) is 12.8. The number of phenolic OH excluding ortho intramolecular Hbond substituents is 2. The number of hydrogen-bond donors (Lipinski definition) is 4. The number of aromatic hydroxyl groups is 3. The summed E-state index contributed by atoms with van der Waals surface area (Å²) in [5.41, 5.74) is -1.31. The van der Waals surface area contributed by atoms with Gasteiger partial charge in [-0.25, -0.2) is 0 Å². The van der Waals surface area contributed by atoms with Gasteiger partial charge in [-0.2, -0.15) is 0 Å². The van der Waals surface area contributed by atoms with Gasteiger partial charge in [0.05, 0.1) is 26.4 Å². The lowest BCUT2D eigenvalue weighted by Gasteiger charge is -2.18. The highest BCUT2D eigenvalue weighted by atomic mass is 16.5. The molecule has 0 saturated carbocycles. The van der Waals surface area contributed by atoms with Crippen molar-refractivity contribution in [3.8, 4) is 45.8 Å². The summed E-state index contributed by atoms with van der Waals surface area (Å²) in [7, 11) is 2.68. The molecule has 9 nitrogen and oxygen atoms in total. The summed E-state index contributed by atoms with van der Waals surface area (Å²) in [5.74, 6) is -0.862. The lowest BCUT2D eigenvalue weighted by atomic mass is 9.95. The van der Waals surface area contributed by atoms with Gasteiger partial charge in [-0.05, 0) is 50.8 Å². The van der Waals surface area contributed by atoms with E-state index in [1.165, 1.54) is 32.4 Å². The SMILES string of the molecule is COc1cc2oc(-c3ccc(OCCC(C)CCCC(C)(C)O)c(O)c3)c(O)c(=O)c2c(O)c1OC. The highest BCUT2D eigenvalue weighted by Crippen LogP contribution is 2.44. The molecule has 2 aromatic carbocycles. The second-order valence-electron chi connectivity index (χ2n) is 9.57. The Balaban J connectivity index is 1.79. The van der Waals surface area contributed by atoms with Crippen molar-refractivity contribution in [3.05, 3.63) is 34.5 Å². The average Bonchev–Trinajstić information content (AvgIpc) is 2.81. The van der Waals surface area contributed by atoms with Crippen LogP contribution >= 0.6 is 0 Å². The first-order valence-electron chi connectivity index (χ1n) is 11.8. The van der Waals surface area contributed by atoms with Gasteiger partial charge in [-0.15, -0.1) is 0 Å². The van der Waals surface area contributed by atoms with Crippen LogP contribution in [0.5, 0.6) is 34.5 Å². The fourth-order valence-corrected chi connectivity index (χ4v) is 4.01. The van der Waals surface area contributed by atoms with Crippen molar-refractivity contribution in [1.29, 1.82) is 0 Å². The number of methoxy groups -OCH3 is 2. The number of fused-ring (bicyclic) bond motifs is 1. The molecule has 0 radical (unpaired) electrons. The molecular weight excluding hydrogens is 468 g/mol. The third-order valence-corrected chi connectivity index (χ3v) is 6.05. The van der Waals surface area contributed by atoms with Crippen molar-refractivity contribution < 1.29 is 39.1 Å². The third-order valence-electron chi connectivity index (χ3n) is 6.05. The molecule has 0 fully saturated rings. The van der Waals surface area contributed by atoms with Gasteiger partial charge in [0.25, 0.3) is 0 Å². The predicted octanol–water partition coefficient (Wildman–Crippen LogP) is 4.94. The van der Waals surface area contributed by atoms with E-state index < -0.39 is 22.5 Å². The largest absolute Gasteiger partial charge is 0.504 e. The standard InChI is InChI=1S/C27H34O9/c1-15(7-6-11-27(2,3)32)10-12-35-18-9-8-16(13-17(18)28)25-24(31)22(29)21-19(36-25)14-20(33-4)26(34-5)23(21)30/h8-9,13-15,28,30-32H,6-7,10-12H2,1-5H3. The highest BCUT2D eigenvalue weighted by molar-refractivity contribution is 5.91. The summed E-state index contributed by atoms with van der Waals surface area (Å²) >= 11 is 0. The Bertz CT molecular complexity index is 1270. The fourth-order valence-electron chi connectivity index (χ4n) is 4.01. The fraction of sp³-hybridized carbons (Fsp3) is 0.444. The first-order valence-corrected chi connectivity index (χ1v) is 11.8. The van der Waals surface area contributed by atoms with Crippen molar-refractivity contribution >= 4 is 11.0 Å². The van der Waals surface area contributed by atoms with Crippen LogP contribution in [0.1, 0.15) is 46.5 Å². The van der Waals surface area contributed by atoms with E-state index in [4.69, 9.17) is 18.6 Å². The van der Waals surface area contributed by atoms with Gasteiger partial charge in [-0.1, -0.05) is 19.8 Å². The number of aliphatic hydroxyl groups is 1. The predicted molar refractivity (Wildman–Crippen MR) is 135 cm³/mol. The maximum atomic E-state index is 12.8. The quantitative estimate of drug-likeness (QED) is 0.287. The van der Waals surface area contributed by atoms with E-state index in [2.05, 4.69) is 6.92 Å². The van der Waals surface area contributed by atoms with Crippen LogP contribution in [0.2, 0.25) is 0 Å². The van der Waals surface area contributed by atoms with Crippen LogP contribution in [-0.4, -0.2) is 46.9 Å². The first kappa shape index (κ1) is 27.0. The van der Waals surface area contributed by atoms with Crippen LogP contribution in [0.3, 0.4) is 0 Å². The zero-order valence-corrected chi connectivity index (χ0v) is 21.3. The van der Waals surface area contributed by atoms with Crippen LogP contribution in [-0.2, 0) is 0 Å². The summed E-state index contributed by atoms with van der Waals surface area (Å²) in [6.07, 6.45) is 3.40. The highest BCUT2D eigenvalue weighted by Gasteiger charge is 2.23. The van der Waals surface area contributed by atoms with E-state index in [1.54, 1.807) is 19.9 Å². The first-order chi connectivity index (χ1) is 17.0. The molecule has 36 heavy (non-hydrogen) atoms. The second kappa shape index (κ2) is 11.0. The molecule has 1 heterocycles. The van der Waals surface area contributed by atoms with Crippen molar-refractivity contribution in [2.75, 3.05) is 20.8 Å². The molecule has 3 rings (SSSR count). The van der Waals surface area contributed by atoms with Gasteiger partial charge in [0.15, 0.2) is 28.8 Å². The monoisotopic (exact) mass is 502 g/mol. The van der Waals surface area contributed by atoms with Crippen molar-refractivity contribution in [2.45, 2.75) is 52.1 Å². The minimum atomic E-state index is -0.858. The number of hydrogen-bond acceptors (Lipinski definition) is 9. The average molecular weight is 503 g/mol. The Morgan fingerprint density at radius 3 is 2.33 bits per heavy atom. The second-order valence-corrected chi connectivity index (χ2v) is 9.57. The maximum absolute atomic E-state index is 12.8. The minimum absolute atomic E-state index is 0.0265. The van der Waals surface area contributed by atoms with Crippen molar-refractivity contribution in [3.63, 3.8) is 0 Å². The Kier molecular flexibility index (Phi) is 8.24. The molecule has 9 heteroatoms. The number of ether oxygens (including phenoxy) is 3.